The summed E-state index contributed by atoms with van der Waals surface area (Å²) in [6.07, 6.45) is 5.14. The van der Waals surface area contributed by atoms with Crippen LogP contribution in [0.1, 0.15) is 16.8 Å². The van der Waals surface area contributed by atoms with E-state index in [0.29, 0.717) is 0 Å². The maximum absolute atomic E-state index is 11.6. The molecule has 0 fully saturated rings. The Morgan fingerprint density at radius 2 is 2.17 bits per heavy atom. The predicted molar refractivity (Wildman–Crippen MR) is 68.5 cm³/mol. The van der Waals surface area contributed by atoms with Gasteiger partial charge in [-0.25, -0.2) is 4.79 Å². The molecule has 4 N–H and O–H groups in total. The Labute approximate surface area is 109 Å². The van der Waals surface area contributed by atoms with E-state index in [-0.39, 0.29) is 22.7 Å². The van der Waals surface area contributed by atoms with Crippen molar-refractivity contribution >= 4 is 29.2 Å². The second-order valence-electron chi connectivity index (χ2n) is 3.54. The molecule has 0 aliphatic rings. The normalized spacial score (nSPS) is 11.4. The lowest BCUT2D eigenvalue weighted by molar-refractivity contribution is -0.117. The fourth-order valence-corrected chi connectivity index (χ4v) is 1.47. The number of carboxylic acids is 1. The average Bonchev–Trinajstić information content (AvgIpc) is 2.28. The number of nitrogens with one attached hydrogen (secondary N) is 1. The van der Waals surface area contributed by atoms with Gasteiger partial charge in [-0.3, -0.25) is 4.79 Å². The first-order valence-corrected chi connectivity index (χ1v) is 5.35. The average molecular weight is 267 g/mol. The molecule has 0 aromatic heterocycles. The van der Waals surface area contributed by atoms with Crippen molar-refractivity contribution in [1.29, 1.82) is 0 Å². The summed E-state index contributed by atoms with van der Waals surface area (Å²) in [6, 6.07) is 3.15. The quantitative estimate of drug-likeness (QED) is 0.717. The van der Waals surface area contributed by atoms with Gasteiger partial charge in [-0.1, -0.05) is 11.6 Å². The molecule has 0 aliphatic heterocycles. The summed E-state index contributed by atoms with van der Waals surface area (Å²) in [5, 5.41) is 11.5. The molecule has 0 spiro atoms. The van der Waals surface area contributed by atoms with E-state index in [4.69, 9.17) is 28.9 Å². The van der Waals surface area contributed by atoms with E-state index in [0.717, 1.165) is 0 Å². The van der Waals surface area contributed by atoms with E-state index < -0.39 is 17.9 Å². The van der Waals surface area contributed by atoms with E-state index in [1.54, 1.807) is 0 Å². The molecule has 18 heavy (non-hydrogen) atoms. The van der Waals surface area contributed by atoms with Gasteiger partial charge in [0.1, 0.15) is 0 Å². The SMILES string of the molecule is C#CCC(N)C(=O)Nc1cc(Cl)cc(C(=O)O)c1. The smallest absolute Gasteiger partial charge is 0.335 e. The van der Waals surface area contributed by atoms with Crippen LogP contribution in [-0.2, 0) is 4.79 Å². The van der Waals surface area contributed by atoms with Gasteiger partial charge in [-0.2, -0.15) is 0 Å². The van der Waals surface area contributed by atoms with Crippen LogP contribution in [0.15, 0.2) is 18.2 Å². The third-order valence-corrected chi connectivity index (χ3v) is 2.31. The molecule has 6 heteroatoms. The second-order valence-corrected chi connectivity index (χ2v) is 3.97. The predicted octanol–water partition coefficient (Wildman–Crippen LogP) is 1.33. The van der Waals surface area contributed by atoms with Crippen molar-refractivity contribution in [2.75, 3.05) is 5.32 Å². The summed E-state index contributed by atoms with van der Waals surface area (Å²) in [7, 11) is 0. The van der Waals surface area contributed by atoms with Gasteiger partial charge in [0, 0.05) is 17.1 Å². The molecule has 1 atom stereocenters. The highest BCUT2D eigenvalue weighted by Gasteiger charge is 2.13. The van der Waals surface area contributed by atoms with E-state index in [1.165, 1.54) is 18.2 Å². The lowest BCUT2D eigenvalue weighted by atomic mass is 10.1. The molecule has 94 valence electrons. The minimum Gasteiger partial charge on any atom is -0.478 e. The fourth-order valence-electron chi connectivity index (χ4n) is 1.24. The minimum atomic E-state index is -1.14. The molecule has 1 amide bonds. The molecule has 0 radical (unpaired) electrons. The van der Waals surface area contributed by atoms with Crippen LogP contribution in [0.3, 0.4) is 0 Å². The molecular formula is C12H11ClN2O3. The van der Waals surface area contributed by atoms with Crippen LogP contribution in [0.5, 0.6) is 0 Å². The van der Waals surface area contributed by atoms with Gasteiger partial charge < -0.3 is 16.2 Å². The van der Waals surface area contributed by atoms with Crippen molar-refractivity contribution in [2.45, 2.75) is 12.5 Å². The van der Waals surface area contributed by atoms with Crippen molar-refractivity contribution in [3.63, 3.8) is 0 Å². The lowest BCUT2D eigenvalue weighted by Crippen LogP contribution is -2.35. The molecule has 0 heterocycles. The number of aromatic carboxylic acids is 1. The van der Waals surface area contributed by atoms with Crippen molar-refractivity contribution in [3.8, 4) is 12.3 Å². The Balaban J connectivity index is 2.88. The number of carbonyl (C=O) groups excluding carboxylic acids is 1. The first-order valence-electron chi connectivity index (χ1n) is 4.98. The molecule has 1 unspecified atom stereocenters. The summed E-state index contributed by atoms with van der Waals surface area (Å²) >= 11 is 5.74. The first kappa shape index (κ1) is 14.0. The number of rotatable bonds is 4. The van der Waals surface area contributed by atoms with E-state index in [2.05, 4.69) is 11.2 Å². The maximum Gasteiger partial charge on any atom is 0.335 e. The fraction of sp³-hybridized carbons (Fsp3) is 0.167. The molecule has 0 saturated heterocycles. The van der Waals surface area contributed by atoms with Crippen LogP contribution < -0.4 is 11.1 Å². The Bertz CT molecular complexity index is 523. The highest BCUT2D eigenvalue weighted by Crippen LogP contribution is 2.19. The number of terminal acetylenes is 1. The Morgan fingerprint density at radius 3 is 2.72 bits per heavy atom. The van der Waals surface area contributed by atoms with E-state index in [9.17, 15) is 9.59 Å². The highest BCUT2D eigenvalue weighted by molar-refractivity contribution is 6.31. The van der Waals surface area contributed by atoms with Crippen LogP contribution in [0.2, 0.25) is 5.02 Å². The van der Waals surface area contributed by atoms with Crippen molar-refractivity contribution in [1.82, 2.24) is 0 Å². The highest BCUT2D eigenvalue weighted by atomic mass is 35.5. The molecule has 0 aliphatic carbocycles. The van der Waals surface area contributed by atoms with Crippen LogP contribution in [0.25, 0.3) is 0 Å². The Morgan fingerprint density at radius 1 is 1.50 bits per heavy atom. The number of hydrogen-bond acceptors (Lipinski definition) is 3. The van der Waals surface area contributed by atoms with E-state index >= 15 is 0 Å². The van der Waals surface area contributed by atoms with Crippen LogP contribution in [-0.4, -0.2) is 23.0 Å². The first-order chi connectivity index (χ1) is 8.43. The minimum absolute atomic E-state index is 0.0247. The zero-order valence-electron chi connectivity index (χ0n) is 9.31. The summed E-state index contributed by atoms with van der Waals surface area (Å²) in [4.78, 5) is 22.4. The molecule has 1 rings (SSSR count). The molecular weight excluding hydrogens is 256 g/mol. The van der Waals surface area contributed by atoms with Gasteiger partial charge in [0.25, 0.3) is 0 Å². The molecule has 1 aromatic carbocycles. The number of benzene rings is 1. The third-order valence-electron chi connectivity index (χ3n) is 2.09. The standard InChI is InChI=1S/C12H11ClN2O3/c1-2-3-10(14)11(16)15-9-5-7(12(17)18)4-8(13)6-9/h1,4-6,10H,3,14H2,(H,15,16)(H,17,18). The molecule has 0 saturated carbocycles. The number of amides is 1. The van der Waals surface area contributed by atoms with Gasteiger partial charge >= 0.3 is 5.97 Å². The van der Waals surface area contributed by atoms with Crippen LogP contribution >= 0.6 is 11.6 Å². The van der Waals surface area contributed by atoms with Crippen molar-refractivity contribution < 1.29 is 14.7 Å². The van der Waals surface area contributed by atoms with Crippen LogP contribution in [0, 0.1) is 12.3 Å². The van der Waals surface area contributed by atoms with Gasteiger partial charge in [0.2, 0.25) is 5.91 Å². The van der Waals surface area contributed by atoms with Gasteiger partial charge in [-0.15, -0.1) is 12.3 Å². The lowest BCUT2D eigenvalue weighted by Gasteiger charge is -2.10. The number of carboxylic acid groups (broad SMARTS) is 1. The zero-order valence-corrected chi connectivity index (χ0v) is 10.1. The Kier molecular flexibility index (Phi) is 4.72. The summed E-state index contributed by atoms with van der Waals surface area (Å²) < 4.78 is 0. The molecule has 5 nitrogen and oxygen atoms in total. The van der Waals surface area contributed by atoms with Crippen molar-refractivity contribution in [3.05, 3.63) is 28.8 Å². The van der Waals surface area contributed by atoms with Gasteiger partial charge in [-0.05, 0) is 18.2 Å². The number of halogens is 1. The molecule has 0 bridgehead atoms. The summed E-state index contributed by atoms with van der Waals surface area (Å²) in [5.74, 6) is 0.637. The topological polar surface area (TPSA) is 92.4 Å². The Hall–Kier alpha value is -2.03. The van der Waals surface area contributed by atoms with Crippen molar-refractivity contribution in [2.24, 2.45) is 5.73 Å². The van der Waals surface area contributed by atoms with Gasteiger partial charge in [0.05, 0.1) is 11.6 Å². The molecule has 1 aromatic rings. The number of anilines is 1. The number of hydrogen-bond donors (Lipinski definition) is 3. The van der Waals surface area contributed by atoms with Crippen LogP contribution in [0.4, 0.5) is 5.69 Å². The van der Waals surface area contributed by atoms with E-state index in [1.807, 2.05) is 0 Å². The monoisotopic (exact) mass is 266 g/mol. The summed E-state index contributed by atoms with van der Waals surface area (Å²) in [5.41, 5.74) is 5.74. The summed E-state index contributed by atoms with van der Waals surface area (Å²) in [6.45, 7) is 0. The third kappa shape index (κ3) is 3.77. The maximum atomic E-state index is 11.6. The number of nitrogens with two attached hydrogens (primary N) is 1. The van der Waals surface area contributed by atoms with Gasteiger partial charge in [0.15, 0.2) is 0 Å². The zero-order chi connectivity index (χ0) is 13.7. The second kappa shape index (κ2) is 6.05. The number of carbonyl (C=O) groups is 2. The largest absolute Gasteiger partial charge is 0.478 e.